The van der Waals surface area contributed by atoms with Crippen LogP contribution >= 0.6 is 0 Å². The third-order valence-electron chi connectivity index (χ3n) is 2.76. The van der Waals surface area contributed by atoms with E-state index in [9.17, 15) is 9.59 Å². The van der Waals surface area contributed by atoms with E-state index in [0.29, 0.717) is 16.9 Å². The molecule has 1 aromatic heterocycles. The number of benzene rings is 1. The number of hydrogen-bond donors (Lipinski definition) is 3. The lowest BCUT2D eigenvalue weighted by Crippen LogP contribution is -2.13. The van der Waals surface area contributed by atoms with Gasteiger partial charge in [-0.25, -0.2) is 4.79 Å². The van der Waals surface area contributed by atoms with Gasteiger partial charge in [-0.3, -0.25) is 9.78 Å². The van der Waals surface area contributed by atoms with Gasteiger partial charge in [-0.05, 0) is 42.8 Å². The molecule has 0 bridgehead atoms. The maximum absolute atomic E-state index is 11.0. The second kappa shape index (κ2) is 5.40. The second-order valence-corrected chi connectivity index (χ2v) is 4.25. The van der Waals surface area contributed by atoms with Crippen molar-refractivity contribution in [2.45, 2.75) is 6.92 Å². The number of carbonyl (C=O) groups is 2. The lowest BCUT2D eigenvalue weighted by atomic mass is 10.1. The zero-order chi connectivity index (χ0) is 14.7. The molecular weight excluding hydrogens is 258 g/mol. The summed E-state index contributed by atoms with van der Waals surface area (Å²) in [6, 6.07) is 8.11. The minimum absolute atomic E-state index is 0.161. The van der Waals surface area contributed by atoms with E-state index in [-0.39, 0.29) is 11.3 Å². The summed E-state index contributed by atoms with van der Waals surface area (Å²) in [7, 11) is 0. The van der Waals surface area contributed by atoms with Crippen molar-refractivity contribution in [1.82, 2.24) is 4.98 Å². The Hall–Kier alpha value is -2.89. The largest absolute Gasteiger partial charge is 0.478 e. The van der Waals surface area contributed by atoms with Crippen LogP contribution in [0.1, 0.15) is 26.4 Å². The quantitative estimate of drug-likeness (QED) is 0.788. The molecule has 0 atom stereocenters. The van der Waals surface area contributed by atoms with Crippen molar-refractivity contribution in [3.05, 3.63) is 53.3 Å². The number of nitrogens with one attached hydrogen (secondary N) is 1. The van der Waals surface area contributed by atoms with E-state index in [4.69, 9.17) is 10.8 Å². The molecule has 0 aliphatic rings. The van der Waals surface area contributed by atoms with Gasteiger partial charge in [-0.15, -0.1) is 0 Å². The summed E-state index contributed by atoms with van der Waals surface area (Å²) in [6.07, 6.45) is 1.47. The fraction of sp³-hybridized carbons (Fsp3) is 0.0714. The predicted octanol–water partition coefficient (Wildman–Crippen LogP) is 1.93. The average Bonchev–Trinajstić information content (AvgIpc) is 2.38. The Labute approximate surface area is 115 Å². The van der Waals surface area contributed by atoms with Gasteiger partial charge in [-0.1, -0.05) is 0 Å². The minimum atomic E-state index is -0.964. The average molecular weight is 271 g/mol. The molecule has 102 valence electrons. The number of aromatic carboxylic acids is 1. The van der Waals surface area contributed by atoms with Crippen LogP contribution < -0.4 is 11.1 Å². The van der Waals surface area contributed by atoms with E-state index in [1.54, 1.807) is 25.1 Å². The van der Waals surface area contributed by atoms with E-state index < -0.39 is 11.9 Å². The monoisotopic (exact) mass is 271 g/mol. The lowest BCUT2D eigenvalue weighted by molar-refractivity contribution is 0.0696. The Balaban J connectivity index is 2.26. The van der Waals surface area contributed by atoms with Crippen LogP contribution in [-0.2, 0) is 0 Å². The Bertz CT molecular complexity index is 683. The minimum Gasteiger partial charge on any atom is -0.478 e. The highest BCUT2D eigenvalue weighted by Crippen LogP contribution is 2.20. The van der Waals surface area contributed by atoms with Crippen LogP contribution in [0.25, 0.3) is 0 Å². The van der Waals surface area contributed by atoms with Gasteiger partial charge in [-0.2, -0.15) is 0 Å². The van der Waals surface area contributed by atoms with Gasteiger partial charge in [0.1, 0.15) is 5.69 Å². The number of pyridine rings is 1. The molecule has 0 fully saturated rings. The number of aromatic nitrogens is 1. The van der Waals surface area contributed by atoms with Crippen molar-refractivity contribution in [3.8, 4) is 0 Å². The highest BCUT2D eigenvalue weighted by molar-refractivity contribution is 5.92. The molecule has 2 rings (SSSR count). The first-order valence-corrected chi connectivity index (χ1v) is 5.84. The van der Waals surface area contributed by atoms with E-state index in [0.717, 1.165) is 0 Å². The van der Waals surface area contributed by atoms with Crippen LogP contribution in [0.15, 0.2) is 36.5 Å². The van der Waals surface area contributed by atoms with Gasteiger partial charge in [0.2, 0.25) is 0 Å². The number of carbonyl (C=O) groups excluding carboxylic acids is 1. The van der Waals surface area contributed by atoms with E-state index in [2.05, 4.69) is 10.3 Å². The van der Waals surface area contributed by atoms with Gasteiger partial charge < -0.3 is 16.2 Å². The summed E-state index contributed by atoms with van der Waals surface area (Å²) in [6.45, 7) is 1.72. The molecule has 0 saturated carbocycles. The Morgan fingerprint density at radius 2 is 1.90 bits per heavy atom. The van der Waals surface area contributed by atoms with Gasteiger partial charge in [0.05, 0.1) is 5.56 Å². The molecule has 0 aliphatic carbocycles. The summed E-state index contributed by atoms with van der Waals surface area (Å²) in [5.41, 5.74) is 7.58. The smallest absolute Gasteiger partial charge is 0.335 e. The van der Waals surface area contributed by atoms with Crippen molar-refractivity contribution in [2.75, 3.05) is 5.32 Å². The number of rotatable bonds is 4. The van der Waals surface area contributed by atoms with Crippen molar-refractivity contribution in [3.63, 3.8) is 0 Å². The van der Waals surface area contributed by atoms with Crippen molar-refractivity contribution in [1.29, 1.82) is 0 Å². The number of primary amides is 1. The van der Waals surface area contributed by atoms with Gasteiger partial charge in [0.15, 0.2) is 0 Å². The summed E-state index contributed by atoms with van der Waals surface area (Å²) < 4.78 is 0. The maximum Gasteiger partial charge on any atom is 0.335 e. The molecule has 6 heteroatoms. The molecule has 20 heavy (non-hydrogen) atoms. The highest BCUT2D eigenvalue weighted by Gasteiger charge is 2.08. The third-order valence-corrected chi connectivity index (χ3v) is 2.76. The van der Waals surface area contributed by atoms with Crippen LogP contribution in [-0.4, -0.2) is 22.0 Å². The zero-order valence-electron chi connectivity index (χ0n) is 10.8. The fourth-order valence-electron chi connectivity index (χ4n) is 1.79. The summed E-state index contributed by atoms with van der Waals surface area (Å²) >= 11 is 0. The fourth-order valence-corrected chi connectivity index (χ4v) is 1.79. The van der Waals surface area contributed by atoms with Crippen molar-refractivity contribution >= 4 is 23.3 Å². The Morgan fingerprint density at radius 1 is 1.20 bits per heavy atom. The van der Waals surface area contributed by atoms with E-state index in [1.807, 2.05) is 0 Å². The first-order chi connectivity index (χ1) is 9.47. The molecule has 0 radical (unpaired) electrons. The molecule has 6 nitrogen and oxygen atoms in total. The molecule has 1 heterocycles. The lowest BCUT2D eigenvalue weighted by Gasteiger charge is -2.09. The Morgan fingerprint density at radius 3 is 2.50 bits per heavy atom. The molecule has 0 spiro atoms. The van der Waals surface area contributed by atoms with Crippen LogP contribution in [0.4, 0.5) is 11.4 Å². The maximum atomic E-state index is 11.0. The molecule has 0 unspecified atom stereocenters. The zero-order valence-corrected chi connectivity index (χ0v) is 10.8. The topological polar surface area (TPSA) is 105 Å². The first kappa shape index (κ1) is 13.5. The Kier molecular flexibility index (Phi) is 3.65. The molecular formula is C14H13N3O3. The standard InChI is InChI=1S/C14H13N3O3/c1-8-6-9(2-3-11(8)14(19)20)17-10-4-5-16-12(7-10)13(15)18/h2-7H,1H3,(H2,15,18)(H,16,17)(H,19,20). The molecule has 0 saturated heterocycles. The second-order valence-electron chi connectivity index (χ2n) is 4.25. The van der Waals surface area contributed by atoms with E-state index >= 15 is 0 Å². The number of anilines is 2. The summed E-state index contributed by atoms with van der Waals surface area (Å²) in [5, 5.41) is 12.0. The van der Waals surface area contributed by atoms with Crippen LogP contribution in [0.5, 0.6) is 0 Å². The predicted molar refractivity (Wildman–Crippen MR) is 74.2 cm³/mol. The van der Waals surface area contributed by atoms with E-state index in [1.165, 1.54) is 18.3 Å². The number of hydrogen-bond acceptors (Lipinski definition) is 4. The number of carboxylic acid groups (broad SMARTS) is 1. The molecule has 1 amide bonds. The summed E-state index contributed by atoms with van der Waals surface area (Å²) in [5.74, 6) is -1.57. The molecule has 0 aliphatic heterocycles. The SMILES string of the molecule is Cc1cc(Nc2ccnc(C(N)=O)c2)ccc1C(=O)O. The molecule has 4 N–H and O–H groups in total. The van der Waals surface area contributed by atoms with Crippen molar-refractivity contribution in [2.24, 2.45) is 5.73 Å². The molecule has 2 aromatic rings. The highest BCUT2D eigenvalue weighted by atomic mass is 16.4. The van der Waals surface area contributed by atoms with Gasteiger partial charge in [0, 0.05) is 17.6 Å². The third kappa shape index (κ3) is 2.92. The molecule has 1 aromatic carbocycles. The number of carboxylic acids is 1. The number of amides is 1. The van der Waals surface area contributed by atoms with Crippen LogP contribution in [0.3, 0.4) is 0 Å². The van der Waals surface area contributed by atoms with Gasteiger partial charge >= 0.3 is 5.97 Å². The first-order valence-electron chi connectivity index (χ1n) is 5.84. The number of aryl methyl sites for hydroxylation is 1. The van der Waals surface area contributed by atoms with Crippen LogP contribution in [0.2, 0.25) is 0 Å². The van der Waals surface area contributed by atoms with Crippen LogP contribution in [0, 0.1) is 6.92 Å². The van der Waals surface area contributed by atoms with Gasteiger partial charge in [0.25, 0.3) is 5.91 Å². The van der Waals surface area contributed by atoms with Crippen molar-refractivity contribution < 1.29 is 14.7 Å². The summed E-state index contributed by atoms with van der Waals surface area (Å²) in [4.78, 5) is 25.8. The number of nitrogens with zero attached hydrogens (tertiary/aromatic N) is 1. The normalized spacial score (nSPS) is 10.1. The number of nitrogens with two attached hydrogens (primary N) is 1.